The SMILES string of the molecule is CCOc1ccc(S(=O)(=O)N(CC)CC(=O)NCCSc2n[nH]c(C)n2)cc1. The summed E-state index contributed by atoms with van der Waals surface area (Å²) in [4.78, 5) is 16.4. The Kier molecular flexibility index (Phi) is 8.27. The fourth-order valence-electron chi connectivity index (χ4n) is 2.33. The van der Waals surface area contributed by atoms with Crippen molar-refractivity contribution in [3.63, 3.8) is 0 Å². The number of hydrogen-bond acceptors (Lipinski definition) is 7. The van der Waals surface area contributed by atoms with Crippen LogP contribution in [0.2, 0.25) is 0 Å². The van der Waals surface area contributed by atoms with Crippen molar-refractivity contribution in [3.05, 3.63) is 30.1 Å². The molecule has 0 spiro atoms. The molecule has 154 valence electrons. The fourth-order valence-corrected chi connectivity index (χ4v) is 4.43. The van der Waals surface area contributed by atoms with Gasteiger partial charge in [0.1, 0.15) is 11.6 Å². The number of amides is 1. The predicted octanol–water partition coefficient (Wildman–Crippen LogP) is 1.43. The molecule has 0 aliphatic rings. The number of aromatic nitrogens is 3. The number of sulfonamides is 1. The van der Waals surface area contributed by atoms with Crippen LogP contribution in [0.25, 0.3) is 0 Å². The van der Waals surface area contributed by atoms with Crippen molar-refractivity contribution in [2.75, 3.05) is 32.0 Å². The van der Waals surface area contributed by atoms with Gasteiger partial charge in [-0.15, -0.1) is 5.10 Å². The van der Waals surface area contributed by atoms with E-state index in [-0.39, 0.29) is 23.9 Å². The molecule has 0 unspecified atom stereocenters. The summed E-state index contributed by atoms with van der Waals surface area (Å²) in [6.07, 6.45) is 0. The first kappa shape index (κ1) is 22.2. The lowest BCUT2D eigenvalue weighted by Gasteiger charge is -2.20. The van der Waals surface area contributed by atoms with Gasteiger partial charge in [-0.2, -0.15) is 4.31 Å². The molecule has 28 heavy (non-hydrogen) atoms. The van der Waals surface area contributed by atoms with E-state index < -0.39 is 10.0 Å². The van der Waals surface area contributed by atoms with Crippen LogP contribution in [-0.4, -0.2) is 65.8 Å². The van der Waals surface area contributed by atoms with Gasteiger partial charge in [0, 0.05) is 18.8 Å². The minimum Gasteiger partial charge on any atom is -0.494 e. The Hall–Kier alpha value is -2.11. The average molecular weight is 428 g/mol. The molecule has 9 nitrogen and oxygen atoms in total. The third kappa shape index (κ3) is 6.21. The number of aryl methyl sites for hydroxylation is 1. The molecule has 2 rings (SSSR count). The van der Waals surface area contributed by atoms with Crippen LogP contribution in [0, 0.1) is 6.92 Å². The van der Waals surface area contributed by atoms with Crippen LogP contribution in [0.1, 0.15) is 19.7 Å². The lowest BCUT2D eigenvalue weighted by atomic mass is 10.3. The zero-order chi connectivity index (χ0) is 20.6. The summed E-state index contributed by atoms with van der Waals surface area (Å²) in [5.41, 5.74) is 0. The third-order valence-corrected chi connectivity index (χ3v) is 6.46. The molecule has 0 aliphatic heterocycles. The number of carbonyl (C=O) groups excluding carboxylic acids is 1. The molecule has 1 heterocycles. The van der Waals surface area contributed by atoms with Gasteiger partial charge in [-0.3, -0.25) is 9.89 Å². The van der Waals surface area contributed by atoms with E-state index in [1.807, 2.05) is 13.8 Å². The Bertz CT molecular complexity index is 868. The first-order valence-corrected chi connectivity index (χ1v) is 11.3. The van der Waals surface area contributed by atoms with E-state index in [0.29, 0.717) is 29.8 Å². The fraction of sp³-hybridized carbons (Fsp3) is 0.471. The van der Waals surface area contributed by atoms with Crippen molar-refractivity contribution in [1.82, 2.24) is 24.8 Å². The molecule has 2 N–H and O–H groups in total. The maximum Gasteiger partial charge on any atom is 0.243 e. The van der Waals surface area contributed by atoms with Gasteiger partial charge in [0.25, 0.3) is 0 Å². The Balaban J connectivity index is 1.87. The number of nitrogens with zero attached hydrogens (tertiary/aromatic N) is 3. The molecule has 0 aliphatic carbocycles. The molecule has 1 aromatic carbocycles. The number of hydrogen-bond donors (Lipinski definition) is 2. The van der Waals surface area contributed by atoms with Gasteiger partial charge in [-0.1, -0.05) is 18.7 Å². The molecule has 1 amide bonds. The van der Waals surface area contributed by atoms with Crippen molar-refractivity contribution in [2.24, 2.45) is 0 Å². The summed E-state index contributed by atoms with van der Waals surface area (Å²) >= 11 is 1.40. The van der Waals surface area contributed by atoms with Gasteiger partial charge < -0.3 is 10.1 Å². The van der Waals surface area contributed by atoms with Gasteiger partial charge in [-0.25, -0.2) is 13.4 Å². The summed E-state index contributed by atoms with van der Waals surface area (Å²) in [6.45, 7) is 6.20. The van der Waals surface area contributed by atoms with Crippen LogP contribution in [-0.2, 0) is 14.8 Å². The number of thioether (sulfide) groups is 1. The molecule has 0 radical (unpaired) electrons. The van der Waals surface area contributed by atoms with Gasteiger partial charge in [0.15, 0.2) is 0 Å². The Morgan fingerprint density at radius 3 is 2.57 bits per heavy atom. The molecule has 0 bridgehead atoms. The Morgan fingerprint density at radius 1 is 1.29 bits per heavy atom. The smallest absolute Gasteiger partial charge is 0.243 e. The van der Waals surface area contributed by atoms with Crippen molar-refractivity contribution in [2.45, 2.75) is 30.8 Å². The molecule has 1 aromatic heterocycles. The van der Waals surface area contributed by atoms with E-state index >= 15 is 0 Å². The van der Waals surface area contributed by atoms with Crippen LogP contribution >= 0.6 is 11.8 Å². The molecule has 0 atom stereocenters. The molecule has 0 saturated heterocycles. The number of rotatable bonds is 11. The number of ether oxygens (including phenoxy) is 1. The second-order valence-electron chi connectivity index (χ2n) is 5.74. The minimum absolute atomic E-state index is 0.126. The lowest BCUT2D eigenvalue weighted by molar-refractivity contribution is -0.121. The number of H-pyrrole nitrogens is 1. The summed E-state index contributed by atoms with van der Waals surface area (Å²) in [5, 5.41) is 10.1. The second-order valence-corrected chi connectivity index (χ2v) is 8.74. The summed E-state index contributed by atoms with van der Waals surface area (Å²) < 4.78 is 32.0. The van der Waals surface area contributed by atoms with Crippen molar-refractivity contribution in [1.29, 1.82) is 0 Å². The molecule has 0 saturated carbocycles. The lowest BCUT2D eigenvalue weighted by Crippen LogP contribution is -2.41. The normalized spacial score (nSPS) is 11.6. The molecular weight excluding hydrogens is 402 g/mol. The maximum atomic E-state index is 12.8. The highest BCUT2D eigenvalue weighted by atomic mass is 32.2. The highest BCUT2D eigenvalue weighted by molar-refractivity contribution is 7.99. The van der Waals surface area contributed by atoms with Crippen LogP contribution in [0.3, 0.4) is 0 Å². The van der Waals surface area contributed by atoms with Crippen molar-refractivity contribution in [3.8, 4) is 5.75 Å². The van der Waals surface area contributed by atoms with Gasteiger partial charge >= 0.3 is 0 Å². The number of carbonyl (C=O) groups is 1. The van der Waals surface area contributed by atoms with Gasteiger partial charge in [0.2, 0.25) is 21.1 Å². The molecule has 0 fully saturated rings. The zero-order valence-electron chi connectivity index (χ0n) is 16.1. The molecule has 2 aromatic rings. The molecule has 11 heteroatoms. The van der Waals surface area contributed by atoms with Crippen LogP contribution in [0.15, 0.2) is 34.3 Å². The molecular formula is C17H25N5O4S2. The van der Waals surface area contributed by atoms with Crippen molar-refractivity contribution >= 4 is 27.7 Å². The number of nitrogens with one attached hydrogen (secondary N) is 2. The quantitative estimate of drug-likeness (QED) is 0.411. The summed E-state index contributed by atoms with van der Waals surface area (Å²) in [5.74, 6) is 1.55. The Morgan fingerprint density at radius 2 is 2.00 bits per heavy atom. The first-order valence-electron chi connectivity index (χ1n) is 8.88. The van der Waals surface area contributed by atoms with E-state index in [1.54, 1.807) is 19.1 Å². The predicted molar refractivity (Wildman–Crippen MR) is 107 cm³/mol. The zero-order valence-corrected chi connectivity index (χ0v) is 17.8. The largest absolute Gasteiger partial charge is 0.494 e. The Labute approximate surface area is 169 Å². The topological polar surface area (TPSA) is 117 Å². The highest BCUT2D eigenvalue weighted by Gasteiger charge is 2.25. The summed E-state index contributed by atoms with van der Waals surface area (Å²) in [6, 6.07) is 6.17. The minimum atomic E-state index is -3.76. The van der Waals surface area contributed by atoms with Crippen molar-refractivity contribution < 1.29 is 17.9 Å². The van der Waals surface area contributed by atoms with E-state index in [2.05, 4.69) is 20.5 Å². The maximum absolute atomic E-state index is 12.8. The van der Waals surface area contributed by atoms with Crippen LogP contribution < -0.4 is 10.1 Å². The van der Waals surface area contributed by atoms with E-state index in [9.17, 15) is 13.2 Å². The van der Waals surface area contributed by atoms with E-state index in [4.69, 9.17) is 4.74 Å². The van der Waals surface area contributed by atoms with Crippen LogP contribution in [0.4, 0.5) is 0 Å². The monoisotopic (exact) mass is 427 g/mol. The second kappa shape index (κ2) is 10.4. The highest BCUT2D eigenvalue weighted by Crippen LogP contribution is 2.19. The van der Waals surface area contributed by atoms with Gasteiger partial charge in [-0.05, 0) is 38.1 Å². The van der Waals surface area contributed by atoms with E-state index in [1.165, 1.54) is 23.9 Å². The third-order valence-electron chi connectivity index (χ3n) is 3.68. The summed E-state index contributed by atoms with van der Waals surface area (Å²) in [7, 11) is -3.76. The number of benzene rings is 1. The standard InChI is InChI=1S/C17H25N5O4S2/c1-4-22(28(24,25)15-8-6-14(7-9-15)26-5-2)12-16(23)18-10-11-27-17-19-13(3)20-21-17/h6-9H,4-5,10-12H2,1-3H3,(H,18,23)(H,19,20,21). The van der Waals surface area contributed by atoms with E-state index in [0.717, 1.165) is 10.1 Å². The van der Waals surface area contributed by atoms with Gasteiger partial charge in [0.05, 0.1) is 18.0 Å². The number of aromatic amines is 1. The first-order chi connectivity index (χ1) is 13.4. The average Bonchev–Trinajstić information content (AvgIpc) is 3.09. The number of likely N-dealkylation sites (N-methyl/N-ethyl adjacent to an activating group) is 1. The van der Waals surface area contributed by atoms with Crippen LogP contribution in [0.5, 0.6) is 5.75 Å².